The topological polar surface area (TPSA) is 150 Å². The first-order valence-corrected chi connectivity index (χ1v) is 9.55. The van der Waals surface area contributed by atoms with Crippen molar-refractivity contribution in [2.24, 2.45) is 5.73 Å². The van der Waals surface area contributed by atoms with Crippen molar-refractivity contribution >= 4 is 23.6 Å². The van der Waals surface area contributed by atoms with Crippen LogP contribution in [0.25, 0.3) is 5.69 Å². The van der Waals surface area contributed by atoms with Gasteiger partial charge in [0.1, 0.15) is 11.9 Å². The lowest BCUT2D eigenvalue weighted by molar-refractivity contribution is -0.119. The van der Waals surface area contributed by atoms with E-state index in [1.54, 1.807) is 12.3 Å². The van der Waals surface area contributed by atoms with Gasteiger partial charge in [-0.25, -0.2) is 18.9 Å². The van der Waals surface area contributed by atoms with Crippen molar-refractivity contribution in [2.45, 2.75) is 19.6 Å². The molecule has 3 aromatic rings. The standard InChI is InChI=1S/C19H19FN8O4/c1-11(29)22-5-14-8-28(19(31)32-14)13-2-3-17(15(20)4-13)26-6-12(23-10-26)7-27-9-16(18(21)30)24-25-27/h2-4,6,9-10,14H,5,7-8H2,1H3,(H2,21,30)(H,22,29)/t14-/m0/s1. The summed E-state index contributed by atoms with van der Waals surface area (Å²) in [5, 5.41) is 10.0. The third-order valence-electron chi connectivity index (χ3n) is 4.73. The summed E-state index contributed by atoms with van der Waals surface area (Å²) in [5.41, 5.74) is 6.30. The van der Waals surface area contributed by atoms with Gasteiger partial charge >= 0.3 is 6.09 Å². The molecule has 166 valence electrons. The molecule has 1 aromatic carbocycles. The Bertz CT molecular complexity index is 1190. The summed E-state index contributed by atoms with van der Waals surface area (Å²) in [7, 11) is 0. The highest BCUT2D eigenvalue weighted by Crippen LogP contribution is 2.25. The number of imidazole rings is 1. The number of amides is 3. The van der Waals surface area contributed by atoms with E-state index in [9.17, 15) is 18.8 Å². The first-order valence-electron chi connectivity index (χ1n) is 9.55. The Balaban J connectivity index is 1.46. The molecule has 12 nitrogen and oxygen atoms in total. The lowest BCUT2D eigenvalue weighted by Gasteiger charge is -2.14. The van der Waals surface area contributed by atoms with Crippen LogP contribution in [-0.2, 0) is 16.1 Å². The molecule has 13 heteroatoms. The highest BCUT2D eigenvalue weighted by molar-refractivity contribution is 5.90. The summed E-state index contributed by atoms with van der Waals surface area (Å²) in [5.74, 6) is -1.49. The average Bonchev–Trinajstić information content (AvgIpc) is 3.47. The Morgan fingerprint density at radius 2 is 2.16 bits per heavy atom. The first kappa shape index (κ1) is 21.0. The molecule has 0 spiro atoms. The SMILES string of the molecule is CC(=O)NC[C@H]1CN(c2ccc(-n3cnc(Cn4cc(C(N)=O)nn4)c3)c(F)c2)C(=O)O1. The fourth-order valence-corrected chi connectivity index (χ4v) is 3.20. The number of carbonyl (C=O) groups excluding carboxylic acids is 3. The maximum atomic E-state index is 14.8. The zero-order chi connectivity index (χ0) is 22.8. The normalized spacial score (nSPS) is 15.6. The van der Waals surface area contributed by atoms with Crippen molar-refractivity contribution in [3.63, 3.8) is 0 Å². The monoisotopic (exact) mass is 442 g/mol. The minimum absolute atomic E-state index is 0.0332. The molecular weight excluding hydrogens is 423 g/mol. The van der Waals surface area contributed by atoms with E-state index >= 15 is 0 Å². The Morgan fingerprint density at radius 3 is 2.84 bits per heavy atom. The average molecular weight is 442 g/mol. The van der Waals surface area contributed by atoms with E-state index in [0.717, 1.165) is 0 Å². The van der Waals surface area contributed by atoms with Crippen molar-refractivity contribution in [2.75, 3.05) is 18.0 Å². The van der Waals surface area contributed by atoms with Gasteiger partial charge in [-0.05, 0) is 18.2 Å². The van der Waals surface area contributed by atoms with Crippen LogP contribution in [0.3, 0.4) is 0 Å². The third-order valence-corrected chi connectivity index (χ3v) is 4.73. The molecule has 1 aliphatic heterocycles. The Morgan fingerprint density at radius 1 is 1.34 bits per heavy atom. The number of benzene rings is 1. The molecule has 1 fully saturated rings. The van der Waals surface area contributed by atoms with Gasteiger partial charge in [0.15, 0.2) is 5.69 Å². The lowest BCUT2D eigenvalue weighted by Crippen LogP contribution is -2.33. The maximum absolute atomic E-state index is 14.8. The van der Waals surface area contributed by atoms with Gasteiger partial charge < -0.3 is 20.4 Å². The van der Waals surface area contributed by atoms with E-state index in [2.05, 4.69) is 20.6 Å². The van der Waals surface area contributed by atoms with Gasteiger partial charge in [-0.3, -0.25) is 14.5 Å². The molecule has 3 N–H and O–H groups in total. The second-order valence-corrected chi connectivity index (χ2v) is 7.13. The van der Waals surface area contributed by atoms with E-state index < -0.39 is 23.9 Å². The summed E-state index contributed by atoms with van der Waals surface area (Å²) in [6.45, 7) is 1.96. The number of primary amides is 1. The minimum Gasteiger partial charge on any atom is -0.442 e. The summed E-state index contributed by atoms with van der Waals surface area (Å²) < 4.78 is 22.9. The van der Waals surface area contributed by atoms with Crippen LogP contribution in [0.15, 0.2) is 36.9 Å². The number of nitrogens with one attached hydrogen (secondary N) is 1. The molecule has 1 atom stereocenters. The smallest absolute Gasteiger partial charge is 0.414 e. The highest BCUT2D eigenvalue weighted by atomic mass is 19.1. The first-order chi connectivity index (χ1) is 15.3. The number of carbonyl (C=O) groups is 3. The largest absolute Gasteiger partial charge is 0.442 e. The molecule has 0 bridgehead atoms. The number of anilines is 1. The molecule has 2 aromatic heterocycles. The van der Waals surface area contributed by atoms with Gasteiger partial charge in [0.2, 0.25) is 5.91 Å². The molecule has 0 aliphatic carbocycles. The van der Waals surface area contributed by atoms with Crippen molar-refractivity contribution in [1.82, 2.24) is 29.9 Å². The zero-order valence-corrected chi connectivity index (χ0v) is 16.9. The zero-order valence-electron chi connectivity index (χ0n) is 16.9. The minimum atomic E-state index is -0.688. The van der Waals surface area contributed by atoms with Crippen LogP contribution >= 0.6 is 0 Å². The fourth-order valence-electron chi connectivity index (χ4n) is 3.20. The number of nitrogens with two attached hydrogens (primary N) is 1. The molecule has 32 heavy (non-hydrogen) atoms. The van der Waals surface area contributed by atoms with Crippen LogP contribution in [0, 0.1) is 5.82 Å². The summed E-state index contributed by atoms with van der Waals surface area (Å²) >= 11 is 0. The molecule has 4 rings (SSSR count). The number of hydrogen-bond donors (Lipinski definition) is 2. The van der Waals surface area contributed by atoms with Gasteiger partial charge in [0.05, 0.1) is 49.2 Å². The summed E-state index contributed by atoms with van der Waals surface area (Å²) in [6, 6.07) is 4.34. The number of nitrogens with zero attached hydrogens (tertiary/aromatic N) is 6. The summed E-state index contributed by atoms with van der Waals surface area (Å²) in [6.07, 6.45) is 3.31. The second kappa shape index (κ2) is 8.45. The number of hydrogen-bond acceptors (Lipinski definition) is 7. The van der Waals surface area contributed by atoms with Crippen molar-refractivity contribution in [3.05, 3.63) is 54.1 Å². The number of aromatic nitrogens is 5. The molecule has 0 unspecified atom stereocenters. The predicted molar refractivity (Wildman–Crippen MR) is 107 cm³/mol. The van der Waals surface area contributed by atoms with Crippen molar-refractivity contribution in [3.8, 4) is 5.69 Å². The van der Waals surface area contributed by atoms with Gasteiger partial charge in [-0.15, -0.1) is 5.10 Å². The van der Waals surface area contributed by atoms with E-state index in [1.165, 1.54) is 45.7 Å². The van der Waals surface area contributed by atoms with E-state index in [4.69, 9.17) is 10.5 Å². The quantitative estimate of drug-likeness (QED) is 0.531. The Kier molecular flexibility index (Phi) is 5.54. The number of halogens is 1. The number of ether oxygens (including phenoxy) is 1. The number of rotatable bonds is 7. The van der Waals surface area contributed by atoms with Gasteiger partial charge in [-0.1, -0.05) is 5.21 Å². The van der Waals surface area contributed by atoms with Crippen molar-refractivity contribution < 1.29 is 23.5 Å². The van der Waals surface area contributed by atoms with E-state index in [1.807, 2.05) is 0 Å². The number of cyclic esters (lactones) is 1. The molecule has 3 amide bonds. The van der Waals surface area contributed by atoms with E-state index in [-0.39, 0.29) is 36.9 Å². The third kappa shape index (κ3) is 4.40. The Hall–Kier alpha value is -4.29. The van der Waals surface area contributed by atoms with Crippen LogP contribution in [0.2, 0.25) is 0 Å². The van der Waals surface area contributed by atoms with Crippen LogP contribution in [0.5, 0.6) is 0 Å². The lowest BCUT2D eigenvalue weighted by atomic mass is 10.2. The maximum Gasteiger partial charge on any atom is 0.414 e. The van der Waals surface area contributed by atoms with Crippen LogP contribution in [0.1, 0.15) is 23.1 Å². The molecule has 3 heterocycles. The van der Waals surface area contributed by atoms with Crippen molar-refractivity contribution in [1.29, 1.82) is 0 Å². The van der Waals surface area contributed by atoms with Gasteiger partial charge in [0, 0.05) is 13.1 Å². The molecule has 0 radical (unpaired) electrons. The van der Waals surface area contributed by atoms with Crippen LogP contribution in [-0.4, -0.2) is 61.6 Å². The Labute approximate surface area is 180 Å². The molecule has 0 saturated carbocycles. The van der Waals surface area contributed by atoms with Gasteiger partial charge in [-0.2, -0.15) is 0 Å². The predicted octanol–water partition coefficient (Wildman–Crippen LogP) is 0.211. The van der Waals surface area contributed by atoms with Crippen LogP contribution < -0.4 is 16.0 Å². The highest BCUT2D eigenvalue weighted by Gasteiger charge is 2.32. The fraction of sp³-hybridized carbons (Fsp3) is 0.263. The molecular formula is C19H19FN8O4. The second-order valence-electron chi connectivity index (χ2n) is 7.13. The summed E-state index contributed by atoms with van der Waals surface area (Å²) in [4.78, 5) is 39.8. The van der Waals surface area contributed by atoms with Crippen LogP contribution in [0.4, 0.5) is 14.9 Å². The molecule has 1 aliphatic rings. The van der Waals surface area contributed by atoms with E-state index in [0.29, 0.717) is 11.4 Å². The molecule has 1 saturated heterocycles. The van der Waals surface area contributed by atoms with Gasteiger partial charge in [0.25, 0.3) is 5.91 Å².